The molecule has 0 aliphatic rings. The van der Waals surface area contributed by atoms with Gasteiger partial charge in [-0.05, 0) is 25.8 Å². The van der Waals surface area contributed by atoms with Crippen molar-refractivity contribution in [3.05, 3.63) is 11.6 Å². The lowest BCUT2D eigenvalue weighted by molar-refractivity contribution is -0.132. The van der Waals surface area contributed by atoms with Crippen LogP contribution in [0, 0.1) is 6.08 Å². The number of carbonyl (C=O) groups is 1. The molecule has 0 atom stereocenters. The molecule has 0 saturated heterocycles. The van der Waals surface area contributed by atoms with Crippen molar-refractivity contribution in [3.63, 3.8) is 0 Å². The highest BCUT2D eigenvalue weighted by atomic mass is 16.4. The van der Waals surface area contributed by atoms with E-state index in [0.717, 1.165) is 25.7 Å². The number of unbranched alkanes of at least 4 members (excludes halogenated alkanes) is 3. The predicted octanol–water partition coefficient (Wildman–Crippen LogP) is 2.40. The van der Waals surface area contributed by atoms with Gasteiger partial charge in [0.2, 0.25) is 0 Å². The van der Waals surface area contributed by atoms with E-state index in [9.17, 15) is 4.79 Å². The Kier molecular flexibility index (Phi) is 5.53. The summed E-state index contributed by atoms with van der Waals surface area (Å²) < 4.78 is 0. The first-order valence-electron chi connectivity index (χ1n) is 3.99. The Morgan fingerprint density at radius 1 is 1.45 bits per heavy atom. The summed E-state index contributed by atoms with van der Waals surface area (Å²) in [6.45, 7) is 3.70. The SMILES string of the molecule is CCCCC[C]=C(C)C(=O)O. The summed E-state index contributed by atoms with van der Waals surface area (Å²) in [4.78, 5) is 10.3. The Labute approximate surface area is 67.9 Å². The summed E-state index contributed by atoms with van der Waals surface area (Å²) in [5.41, 5.74) is 0.334. The van der Waals surface area contributed by atoms with Gasteiger partial charge in [-0.1, -0.05) is 19.8 Å². The number of rotatable bonds is 5. The van der Waals surface area contributed by atoms with Crippen molar-refractivity contribution in [2.24, 2.45) is 0 Å². The number of hydrogen-bond donors (Lipinski definition) is 1. The van der Waals surface area contributed by atoms with Crippen LogP contribution in [0.3, 0.4) is 0 Å². The highest BCUT2D eigenvalue weighted by molar-refractivity contribution is 5.85. The third kappa shape index (κ3) is 5.64. The minimum Gasteiger partial charge on any atom is -0.478 e. The predicted molar refractivity (Wildman–Crippen MR) is 44.2 cm³/mol. The van der Waals surface area contributed by atoms with E-state index < -0.39 is 5.97 Å². The van der Waals surface area contributed by atoms with Crippen molar-refractivity contribution in [1.82, 2.24) is 0 Å². The number of allylic oxidation sites excluding steroid dienone is 1. The third-order valence-electron chi connectivity index (χ3n) is 1.49. The van der Waals surface area contributed by atoms with Crippen LogP contribution in [-0.4, -0.2) is 11.1 Å². The molecule has 11 heavy (non-hydrogen) atoms. The van der Waals surface area contributed by atoms with Crippen molar-refractivity contribution >= 4 is 5.97 Å². The van der Waals surface area contributed by atoms with Gasteiger partial charge in [0.15, 0.2) is 0 Å². The molecule has 0 aliphatic carbocycles. The fourth-order valence-corrected chi connectivity index (χ4v) is 0.727. The van der Waals surface area contributed by atoms with E-state index in [1.165, 1.54) is 0 Å². The van der Waals surface area contributed by atoms with E-state index in [1.807, 2.05) is 0 Å². The first kappa shape index (κ1) is 10.2. The standard InChI is InChI=1S/C9H15O2/c1-3-4-5-6-7-8(2)9(10)11/h3-6H2,1-2H3,(H,10,11). The topological polar surface area (TPSA) is 37.3 Å². The molecule has 2 heteroatoms. The normalized spacial score (nSPS) is 11.6. The van der Waals surface area contributed by atoms with Crippen LogP contribution in [0.5, 0.6) is 0 Å². The number of aliphatic carboxylic acids is 1. The molecule has 0 aromatic carbocycles. The lowest BCUT2D eigenvalue weighted by Crippen LogP contribution is -1.95. The summed E-state index contributed by atoms with van der Waals surface area (Å²) in [6, 6.07) is 0. The molecule has 0 amide bonds. The molecule has 0 spiro atoms. The first-order valence-corrected chi connectivity index (χ1v) is 3.99. The largest absolute Gasteiger partial charge is 0.478 e. The van der Waals surface area contributed by atoms with Gasteiger partial charge in [-0.2, -0.15) is 0 Å². The van der Waals surface area contributed by atoms with Crippen LogP contribution in [-0.2, 0) is 4.79 Å². The Morgan fingerprint density at radius 2 is 2.09 bits per heavy atom. The fraction of sp³-hybridized carbons (Fsp3) is 0.667. The van der Waals surface area contributed by atoms with Gasteiger partial charge in [-0.15, -0.1) is 0 Å². The molecule has 0 bridgehead atoms. The average molecular weight is 155 g/mol. The lowest BCUT2D eigenvalue weighted by Gasteiger charge is -1.93. The van der Waals surface area contributed by atoms with Gasteiger partial charge in [0.1, 0.15) is 0 Å². The Balaban J connectivity index is 3.48. The van der Waals surface area contributed by atoms with Crippen molar-refractivity contribution in [2.45, 2.75) is 39.5 Å². The summed E-state index contributed by atoms with van der Waals surface area (Å²) in [5.74, 6) is -0.860. The molecule has 1 N–H and O–H groups in total. The minimum atomic E-state index is -0.860. The second kappa shape index (κ2) is 5.96. The summed E-state index contributed by atoms with van der Waals surface area (Å²) in [7, 11) is 0. The summed E-state index contributed by atoms with van der Waals surface area (Å²) in [6.07, 6.45) is 6.96. The zero-order valence-electron chi connectivity index (χ0n) is 7.18. The van der Waals surface area contributed by atoms with Gasteiger partial charge in [0.05, 0.1) is 0 Å². The maximum Gasteiger partial charge on any atom is 0.331 e. The van der Waals surface area contributed by atoms with Gasteiger partial charge in [0, 0.05) is 5.57 Å². The van der Waals surface area contributed by atoms with Gasteiger partial charge in [-0.3, -0.25) is 0 Å². The van der Waals surface area contributed by atoms with Crippen LogP contribution < -0.4 is 0 Å². The van der Waals surface area contributed by atoms with E-state index in [0.29, 0.717) is 5.57 Å². The van der Waals surface area contributed by atoms with Crippen molar-refractivity contribution in [3.8, 4) is 0 Å². The highest BCUT2D eigenvalue weighted by Crippen LogP contribution is 2.01. The van der Waals surface area contributed by atoms with Crippen LogP contribution in [0.1, 0.15) is 39.5 Å². The van der Waals surface area contributed by atoms with E-state index in [-0.39, 0.29) is 0 Å². The maximum atomic E-state index is 10.3. The second-order valence-corrected chi connectivity index (χ2v) is 2.56. The molecule has 0 aromatic heterocycles. The van der Waals surface area contributed by atoms with Crippen molar-refractivity contribution in [2.75, 3.05) is 0 Å². The van der Waals surface area contributed by atoms with Crippen LogP contribution in [0.15, 0.2) is 5.57 Å². The Hall–Kier alpha value is -0.790. The molecule has 0 aromatic rings. The zero-order valence-corrected chi connectivity index (χ0v) is 7.18. The molecule has 63 valence electrons. The van der Waals surface area contributed by atoms with Gasteiger partial charge in [0.25, 0.3) is 0 Å². The second-order valence-electron chi connectivity index (χ2n) is 2.56. The van der Waals surface area contributed by atoms with Crippen LogP contribution >= 0.6 is 0 Å². The molecule has 0 fully saturated rings. The molecule has 1 radical (unpaired) electrons. The molecule has 0 rings (SSSR count). The lowest BCUT2D eigenvalue weighted by atomic mass is 10.1. The summed E-state index contributed by atoms with van der Waals surface area (Å²) in [5, 5.41) is 8.44. The van der Waals surface area contributed by atoms with Crippen molar-refractivity contribution in [1.29, 1.82) is 0 Å². The molecule has 2 nitrogen and oxygen atoms in total. The van der Waals surface area contributed by atoms with E-state index in [1.54, 1.807) is 6.92 Å². The highest BCUT2D eigenvalue weighted by Gasteiger charge is 1.97. The molecule has 0 heterocycles. The average Bonchev–Trinajstić information content (AvgIpc) is 1.97. The monoisotopic (exact) mass is 155 g/mol. The van der Waals surface area contributed by atoms with Crippen molar-refractivity contribution < 1.29 is 9.90 Å². The molecular formula is C9H15O2. The Bertz CT molecular complexity index is 148. The minimum absolute atomic E-state index is 0.334. The van der Waals surface area contributed by atoms with Gasteiger partial charge in [-0.25, -0.2) is 4.79 Å². The Morgan fingerprint density at radius 3 is 2.55 bits per heavy atom. The van der Waals surface area contributed by atoms with Crippen LogP contribution in [0.2, 0.25) is 0 Å². The number of carboxylic acids is 1. The van der Waals surface area contributed by atoms with E-state index in [4.69, 9.17) is 5.11 Å². The first-order chi connectivity index (χ1) is 5.18. The smallest absolute Gasteiger partial charge is 0.331 e. The van der Waals surface area contributed by atoms with Gasteiger partial charge >= 0.3 is 5.97 Å². The quantitative estimate of drug-likeness (QED) is 0.489. The fourth-order valence-electron chi connectivity index (χ4n) is 0.727. The molecule has 0 unspecified atom stereocenters. The zero-order chi connectivity index (χ0) is 8.69. The number of hydrogen-bond acceptors (Lipinski definition) is 1. The molecule has 0 aliphatic heterocycles. The number of carboxylic acid groups (broad SMARTS) is 1. The van der Waals surface area contributed by atoms with E-state index >= 15 is 0 Å². The third-order valence-corrected chi connectivity index (χ3v) is 1.49. The van der Waals surface area contributed by atoms with Gasteiger partial charge < -0.3 is 5.11 Å². The van der Waals surface area contributed by atoms with E-state index in [2.05, 4.69) is 13.0 Å². The van der Waals surface area contributed by atoms with Crippen LogP contribution in [0.4, 0.5) is 0 Å². The molecular weight excluding hydrogens is 140 g/mol. The molecule has 0 saturated carbocycles. The summed E-state index contributed by atoms with van der Waals surface area (Å²) >= 11 is 0. The maximum absolute atomic E-state index is 10.3. The van der Waals surface area contributed by atoms with Crippen LogP contribution in [0.25, 0.3) is 0 Å².